The number of amides is 1. The minimum absolute atomic E-state index is 0.0872. The summed E-state index contributed by atoms with van der Waals surface area (Å²) in [7, 11) is 0. The van der Waals surface area contributed by atoms with E-state index in [-0.39, 0.29) is 5.91 Å². The summed E-state index contributed by atoms with van der Waals surface area (Å²) in [5, 5.41) is 4.25. The predicted octanol–water partition coefficient (Wildman–Crippen LogP) is 4.61. The Morgan fingerprint density at radius 3 is 2.55 bits per heavy atom. The van der Waals surface area contributed by atoms with Gasteiger partial charge in [0.15, 0.2) is 0 Å². The van der Waals surface area contributed by atoms with Gasteiger partial charge in [-0.15, -0.1) is 0 Å². The summed E-state index contributed by atoms with van der Waals surface area (Å²) in [6, 6.07) is 8.69. The van der Waals surface area contributed by atoms with E-state index >= 15 is 0 Å². The number of aromatic nitrogens is 1. The van der Waals surface area contributed by atoms with Crippen molar-refractivity contribution >= 4 is 40.5 Å². The van der Waals surface area contributed by atoms with E-state index in [0.29, 0.717) is 28.8 Å². The highest BCUT2D eigenvalue weighted by molar-refractivity contribution is 6.36. The SMILES string of the molecule is CCN(CC)C(=O)c1cc(Nc2ccc(Cl)cc2Cl)ccn1. The summed E-state index contributed by atoms with van der Waals surface area (Å²) in [6.07, 6.45) is 1.60. The lowest BCUT2D eigenvalue weighted by molar-refractivity contribution is 0.0767. The van der Waals surface area contributed by atoms with Crippen LogP contribution >= 0.6 is 23.2 Å². The number of carbonyl (C=O) groups excluding carboxylic acids is 1. The zero-order valence-electron chi connectivity index (χ0n) is 12.4. The van der Waals surface area contributed by atoms with Crippen molar-refractivity contribution in [3.63, 3.8) is 0 Å². The van der Waals surface area contributed by atoms with Crippen molar-refractivity contribution in [3.05, 3.63) is 52.3 Å². The minimum Gasteiger partial charge on any atom is -0.354 e. The second kappa shape index (κ2) is 7.47. The van der Waals surface area contributed by atoms with E-state index in [4.69, 9.17) is 23.2 Å². The molecule has 1 aromatic carbocycles. The van der Waals surface area contributed by atoms with Crippen molar-refractivity contribution in [2.75, 3.05) is 18.4 Å². The molecule has 0 aliphatic heterocycles. The van der Waals surface area contributed by atoms with Crippen molar-refractivity contribution in [2.45, 2.75) is 13.8 Å². The van der Waals surface area contributed by atoms with Crippen molar-refractivity contribution in [2.24, 2.45) is 0 Å². The highest BCUT2D eigenvalue weighted by Crippen LogP contribution is 2.28. The molecule has 0 atom stereocenters. The Bertz CT molecular complexity index is 672. The van der Waals surface area contributed by atoms with Gasteiger partial charge in [0.25, 0.3) is 5.91 Å². The smallest absolute Gasteiger partial charge is 0.272 e. The van der Waals surface area contributed by atoms with E-state index < -0.39 is 0 Å². The number of hydrogen-bond acceptors (Lipinski definition) is 3. The van der Waals surface area contributed by atoms with Crippen LogP contribution in [0.5, 0.6) is 0 Å². The molecule has 4 nitrogen and oxygen atoms in total. The summed E-state index contributed by atoms with van der Waals surface area (Å²) < 4.78 is 0. The van der Waals surface area contributed by atoms with Crippen molar-refractivity contribution in [1.29, 1.82) is 0 Å². The second-order valence-electron chi connectivity index (χ2n) is 4.66. The van der Waals surface area contributed by atoms with Crippen molar-refractivity contribution in [3.8, 4) is 0 Å². The first-order valence-electron chi connectivity index (χ1n) is 7.02. The first-order chi connectivity index (χ1) is 10.5. The van der Waals surface area contributed by atoms with Crippen LogP contribution in [-0.4, -0.2) is 28.9 Å². The van der Waals surface area contributed by atoms with E-state index in [2.05, 4.69) is 10.3 Å². The van der Waals surface area contributed by atoms with Crippen LogP contribution in [0.15, 0.2) is 36.5 Å². The number of rotatable bonds is 5. The molecule has 116 valence electrons. The zero-order chi connectivity index (χ0) is 16.1. The fraction of sp³-hybridized carbons (Fsp3) is 0.250. The summed E-state index contributed by atoms with van der Waals surface area (Å²) >= 11 is 12.0. The number of carbonyl (C=O) groups is 1. The molecule has 0 fully saturated rings. The molecule has 6 heteroatoms. The summed E-state index contributed by atoms with van der Waals surface area (Å²) in [6.45, 7) is 5.18. The van der Waals surface area contributed by atoms with Gasteiger partial charge in [-0.05, 0) is 44.2 Å². The molecule has 0 bridgehead atoms. The average molecular weight is 338 g/mol. The second-order valence-corrected chi connectivity index (χ2v) is 5.50. The maximum absolute atomic E-state index is 12.3. The fourth-order valence-electron chi connectivity index (χ4n) is 2.04. The molecular weight excluding hydrogens is 321 g/mol. The number of nitrogens with one attached hydrogen (secondary N) is 1. The number of benzene rings is 1. The maximum Gasteiger partial charge on any atom is 0.272 e. The highest BCUT2D eigenvalue weighted by Gasteiger charge is 2.14. The maximum atomic E-state index is 12.3. The molecule has 1 amide bonds. The molecule has 22 heavy (non-hydrogen) atoms. The molecule has 2 rings (SSSR count). The van der Waals surface area contributed by atoms with Gasteiger partial charge in [-0.1, -0.05) is 23.2 Å². The molecule has 0 saturated carbocycles. The molecule has 0 radical (unpaired) electrons. The van der Waals surface area contributed by atoms with Gasteiger partial charge in [-0.2, -0.15) is 0 Å². The number of anilines is 2. The molecule has 0 saturated heterocycles. The average Bonchev–Trinajstić information content (AvgIpc) is 2.51. The lowest BCUT2D eigenvalue weighted by atomic mass is 10.2. The first kappa shape index (κ1) is 16.6. The molecule has 1 aromatic heterocycles. The molecule has 0 spiro atoms. The van der Waals surface area contributed by atoms with Crippen LogP contribution in [0.4, 0.5) is 11.4 Å². The molecule has 0 aliphatic rings. The lowest BCUT2D eigenvalue weighted by Gasteiger charge is -2.18. The molecule has 0 unspecified atom stereocenters. The summed E-state index contributed by atoms with van der Waals surface area (Å²) in [5.41, 5.74) is 1.87. The van der Waals surface area contributed by atoms with Crippen LogP contribution < -0.4 is 5.32 Å². The van der Waals surface area contributed by atoms with E-state index in [9.17, 15) is 4.79 Å². The van der Waals surface area contributed by atoms with Crippen molar-refractivity contribution < 1.29 is 4.79 Å². The zero-order valence-corrected chi connectivity index (χ0v) is 13.9. The summed E-state index contributed by atoms with van der Waals surface area (Å²) in [5.74, 6) is -0.0872. The van der Waals surface area contributed by atoms with E-state index in [0.717, 1.165) is 11.4 Å². The first-order valence-corrected chi connectivity index (χ1v) is 7.78. The Hall–Kier alpha value is -1.78. The fourth-order valence-corrected chi connectivity index (χ4v) is 2.50. The number of hydrogen-bond donors (Lipinski definition) is 1. The monoisotopic (exact) mass is 337 g/mol. The van der Waals surface area contributed by atoms with Gasteiger partial charge in [-0.3, -0.25) is 9.78 Å². The third-order valence-electron chi connectivity index (χ3n) is 3.24. The van der Waals surface area contributed by atoms with Crippen LogP contribution in [-0.2, 0) is 0 Å². The van der Waals surface area contributed by atoms with Gasteiger partial charge in [0, 0.05) is 30.0 Å². The Morgan fingerprint density at radius 2 is 1.91 bits per heavy atom. The van der Waals surface area contributed by atoms with Crippen LogP contribution in [0.2, 0.25) is 10.0 Å². The third kappa shape index (κ3) is 3.90. The van der Waals surface area contributed by atoms with Gasteiger partial charge < -0.3 is 10.2 Å². The number of halogens is 2. The summed E-state index contributed by atoms with van der Waals surface area (Å²) in [4.78, 5) is 18.2. The predicted molar refractivity (Wildman–Crippen MR) is 91.2 cm³/mol. The van der Waals surface area contributed by atoms with E-state index in [1.54, 1.807) is 41.4 Å². The van der Waals surface area contributed by atoms with Crippen LogP contribution in [0.1, 0.15) is 24.3 Å². The largest absolute Gasteiger partial charge is 0.354 e. The lowest BCUT2D eigenvalue weighted by Crippen LogP contribution is -2.31. The third-order valence-corrected chi connectivity index (χ3v) is 3.79. The van der Waals surface area contributed by atoms with Crippen molar-refractivity contribution in [1.82, 2.24) is 9.88 Å². The van der Waals surface area contributed by atoms with Crippen LogP contribution in [0.3, 0.4) is 0 Å². The van der Waals surface area contributed by atoms with E-state index in [1.807, 2.05) is 13.8 Å². The van der Waals surface area contributed by atoms with Gasteiger partial charge in [-0.25, -0.2) is 0 Å². The van der Waals surface area contributed by atoms with Gasteiger partial charge in [0.2, 0.25) is 0 Å². The Kier molecular flexibility index (Phi) is 5.63. The normalized spacial score (nSPS) is 10.4. The van der Waals surface area contributed by atoms with Gasteiger partial charge in [0.1, 0.15) is 5.69 Å². The molecule has 1 heterocycles. The Morgan fingerprint density at radius 1 is 1.18 bits per heavy atom. The van der Waals surface area contributed by atoms with E-state index in [1.165, 1.54) is 0 Å². The molecule has 2 aromatic rings. The number of pyridine rings is 1. The standard InChI is InChI=1S/C16H17Cl2N3O/c1-3-21(4-2)16(22)15-10-12(7-8-19-15)20-14-6-5-11(17)9-13(14)18/h5-10H,3-4H2,1-2H3,(H,19,20). The molecule has 0 aliphatic carbocycles. The quantitative estimate of drug-likeness (QED) is 0.866. The minimum atomic E-state index is -0.0872. The van der Waals surface area contributed by atoms with Gasteiger partial charge in [0.05, 0.1) is 10.7 Å². The van der Waals surface area contributed by atoms with Crippen LogP contribution in [0.25, 0.3) is 0 Å². The van der Waals surface area contributed by atoms with Gasteiger partial charge >= 0.3 is 0 Å². The number of nitrogens with zero attached hydrogens (tertiary/aromatic N) is 2. The van der Waals surface area contributed by atoms with Crippen LogP contribution in [0, 0.1) is 0 Å². The Labute approximate surface area is 140 Å². The molecular formula is C16H17Cl2N3O. The Balaban J connectivity index is 2.23. The molecule has 1 N–H and O–H groups in total. The highest BCUT2D eigenvalue weighted by atomic mass is 35.5. The topological polar surface area (TPSA) is 45.2 Å².